The number of aryl methyl sites for hydroxylation is 2. The summed E-state index contributed by atoms with van der Waals surface area (Å²) in [5.74, 6) is 4.03. The molecule has 0 aliphatic rings. The van der Waals surface area contributed by atoms with Gasteiger partial charge in [-0.05, 0) is 69.3 Å². The van der Waals surface area contributed by atoms with Crippen LogP contribution in [0.5, 0.6) is 17.2 Å². The third kappa shape index (κ3) is 6.02. The molecule has 29 heavy (non-hydrogen) atoms. The van der Waals surface area contributed by atoms with E-state index in [-0.39, 0.29) is 5.91 Å². The van der Waals surface area contributed by atoms with Crippen LogP contribution >= 0.6 is 11.8 Å². The van der Waals surface area contributed by atoms with Crippen molar-refractivity contribution in [3.63, 3.8) is 0 Å². The van der Waals surface area contributed by atoms with Gasteiger partial charge >= 0.3 is 0 Å². The Morgan fingerprint density at radius 3 is 2.24 bits per heavy atom. The molecule has 1 heterocycles. The molecule has 152 valence electrons. The van der Waals surface area contributed by atoms with Gasteiger partial charge in [-0.1, -0.05) is 5.16 Å². The Hall–Kier alpha value is -2.93. The van der Waals surface area contributed by atoms with E-state index < -0.39 is 0 Å². The van der Waals surface area contributed by atoms with Crippen molar-refractivity contribution in [1.29, 1.82) is 0 Å². The number of hydrogen-bond acceptors (Lipinski definition) is 6. The molecule has 7 heteroatoms. The first kappa shape index (κ1) is 20.8. The molecular weight excluding hydrogens is 388 g/mol. The average molecular weight is 413 g/mol. The minimum atomic E-state index is -0.0538. The predicted molar refractivity (Wildman–Crippen MR) is 115 cm³/mol. The molecule has 0 saturated heterocycles. The number of amides is 1. The molecule has 1 aromatic heterocycles. The van der Waals surface area contributed by atoms with Crippen LogP contribution in [0.25, 0.3) is 0 Å². The van der Waals surface area contributed by atoms with Crippen molar-refractivity contribution in [2.24, 2.45) is 0 Å². The van der Waals surface area contributed by atoms with Crippen molar-refractivity contribution in [1.82, 2.24) is 5.16 Å². The topological polar surface area (TPSA) is 73.6 Å². The van der Waals surface area contributed by atoms with Crippen LogP contribution in [0.1, 0.15) is 23.9 Å². The van der Waals surface area contributed by atoms with Crippen LogP contribution < -0.4 is 14.8 Å². The predicted octanol–water partition coefficient (Wildman–Crippen LogP) is 5.35. The van der Waals surface area contributed by atoms with Gasteiger partial charge in [0.1, 0.15) is 23.0 Å². The van der Waals surface area contributed by atoms with Crippen molar-refractivity contribution >= 4 is 23.4 Å². The van der Waals surface area contributed by atoms with Gasteiger partial charge in [-0.15, -0.1) is 11.8 Å². The summed E-state index contributed by atoms with van der Waals surface area (Å²) in [6.07, 6.45) is 0. The van der Waals surface area contributed by atoms with E-state index in [4.69, 9.17) is 14.0 Å². The number of ether oxygens (including phenoxy) is 2. The maximum atomic E-state index is 12.2. The van der Waals surface area contributed by atoms with Gasteiger partial charge in [-0.25, -0.2) is 0 Å². The Morgan fingerprint density at radius 2 is 1.66 bits per heavy atom. The number of rotatable bonds is 9. The maximum absolute atomic E-state index is 12.2. The quantitative estimate of drug-likeness (QED) is 0.510. The first-order valence-corrected chi connectivity index (χ1v) is 10.5. The Labute approximate surface area is 174 Å². The largest absolute Gasteiger partial charge is 0.494 e. The Bertz CT molecular complexity index is 917. The first-order valence-electron chi connectivity index (χ1n) is 9.35. The lowest BCUT2D eigenvalue weighted by atomic mass is 10.2. The van der Waals surface area contributed by atoms with Crippen LogP contribution in [-0.2, 0) is 10.5 Å². The van der Waals surface area contributed by atoms with E-state index in [0.717, 1.165) is 34.2 Å². The monoisotopic (exact) mass is 412 g/mol. The third-order valence-electron chi connectivity index (χ3n) is 4.17. The lowest BCUT2D eigenvalue weighted by molar-refractivity contribution is -0.113. The van der Waals surface area contributed by atoms with Gasteiger partial charge in [0, 0.05) is 17.0 Å². The standard InChI is InChI=1S/C22H24N2O4S/c1-4-26-18-9-11-20(12-10-18)27-19-7-5-17(6-8-19)23-22(25)14-29-13-21-15(2)24-28-16(21)3/h5-12H,4,13-14H2,1-3H3,(H,23,25). The van der Waals surface area contributed by atoms with E-state index >= 15 is 0 Å². The molecule has 6 nitrogen and oxygen atoms in total. The normalized spacial score (nSPS) is 10.6. The van der Waals surface area contributed by atoms with E-state index in [1.165, 1.54) is 11.8 Å². The maximum Gasteiger partial charge on any atom is 0.234 e. The summed E-state index contributed by atoms with van der Waals surface area (Å²) < 4.78 is 16.4. The van der Waals surface area contributed by atoms with Gasteiger partial charge in [0.25, 0.3) is 0 Å². The highest BCUT2D eigenvalue weighted by atomic mass is 32.2. The summed E-state index contributed by atoms with van der Waals surface area (Å²) in [5.41, 5.74) is 2.66. The number of carbonyl (C=O) groups is 1. The molecule has 3 aromatic rings. The van der Waals surface area contributed by atoms with Crippen molar-refractivity contribution in [3.05, 3.63) is 65.5 Å². The molecule has 3 rings (SSSR count). The highest BCUT2D eigenvalue weighted by Gasteiger charge is 2.10. The van der Waals surface area contributed by atoms with Crippen LogP contribution in [0.3, 0.4) is 0 Å². The minimum absolute atomic E-state index is 0.0538. The second-order valence-electron chi connectivity index (χ2n) is 6.37. The smallest absolute Gasteiger partial charge is 0.234 e. The summed E-state index contributed by atoms with van der Waals surface area (Å²) >= 11 is 1.53. The molecule has 1 amide bonds. The van der Waals surface area contributed by atoms with Crippen LogP contribution in [0.2, 0.25) is 0 Å². The van der Waals surface area contributed by atoms with Crippen molar-refractivity contribution in [2.75, 3.05) is 17.7 Å². The highest BCUT2D eigenvalue weighted by molar-refractivity contribution is 7.99. The number of nitrogens with one attached hydrogen (secondary N) is 1. The van der Waals surface area contributed by atoms with Gasteiger partial charge in [0.15, 0.2) is 0 Å². The Balaban J connectivity index is 1.46. The first-order chi connectivity index (χ1) is 14.0. The number of nitrogens with zero attached hydrogens (tertiary/aromatic N) is 1. The van der Waals surface area contributed by atoms with Crippen LogP contribution in [0.4, 0.5) is 5.69 Å². The zero-order valence-corrected chi connectivity index (χ0v) is 17.5. The van der Waals surface area contributed by atoms with Gasteiger partial charge in [0.2, 0.25) is 5.91 Å². The zero-order chi connectivity index (χ0) is 20.6. The minimum Gasteiger partial charge on any atom is -0.494 e. The van der Waals surface area contributed by atoms with Gasteiger partial charge in [-0.3, -0.25) is 4.79 Å². The van der Waals surface area contributed by atoms with Gasteiger partial charge in [0.05, 0.1) is 18.1 Å². The fourth-order valence-corrected chi connectivity index (χ4v) is 3.64. The summed E-state index contributed by atoms with van der Waals surface area (Å²) in [7, 11) is 0. The van der Waals surface area contributed by atoms with Crippen LogP contribution in [0.15, 0.2) is 53.1 Å². The lowest BCUT2D eigenvalue weighted by Crippen LogP contribution is -2.14. The number of thioether (sulfide) groups is 1. The van der Waals surface area contributed by atoms with E-state index in [1.54, 1.807) is 0 Å². The molecular formula is C22H24N2O4S. The van der Waals surface area contributed by atoms with E-state index in [2.05, 4.69) is 10.5 Å². The fourth-order valence-electron chi connectivity index (χ4n) is 2.66. The SMILES string of the molecule is CCOc1ccc(Oc2ccc(NC(=O)CSCc3c(C)noc3C)cc2)cc1. The second-order valence-corrected chi connectivity index (χ2v) is 7.36. The molecule has 1 N–H and O–H groups in total. The summed E-state index contributed by atoms with van der Waals surface area (Å²) in [5, 5.41) is 6.82. The molecule has 0 aliphatic carbocycles. The molecule has 0 bridgehead atoms. The summed E-state index contributed by atoms with van der Waals surface area (Å²) in [6, 6.07) is 14.7. The van der Waals surface area contributed by atoms with Crippen molar-refractivity contribution < 1.29 is 18.8 Å². The van der Waals surface area contributed by atoms with E-state index in [1.807, 2.05) is 69.3 Å². The molecule has 0 radical (unpaired) electrons. The van der Waals surface area contributed by atoms with E-state index in [0.29, 0.717) is 23.9 Å². The van der Waals surface area contributed by atoms with Gasteiger partial charge in [-0.2, -0.15) is 0 Å². The highest BCUT2D eigenvalue weighted by Crippen LogP contribution is 2.25. The molecule has 2 aromatic carbocycles. The number of aromatic nitrogens is 1. The molecule has 0 saturated carbocycles. The zero-order valence-electron chi connectivity index (χ0n) is 16.7. The number of benzene rings is 2. The molecule has 0 atom stereocenters. The number of anilines is 1. The molecule has 0 unspecified atom stereocenters. The Morgan fingerprint density at radius 1 is 1.03 bits per heavy atom. The summed E-state index contributed by atoms with van der Waals surface area (Å²) in [4.78, 5) is 12.2. The third-order valence-corrected chi connectivity index (χ3v) is 5.13. The Kier molecular flexibility index (Phi) is 7.19. The van der Waals surface area contributed by atoms with Crippen LogP contribution in [-0.4, -0.2) is 23.4 Å². The molecule has 0 aliphatic heterocycles. The average Bonchev–Trinajstić information content (AvgIpc) is 3.03. The molecule has 0 fully saturated rings. The van der Waals surface area contributed by atoms with Crippen LogP contribution in [0, 0.1) is 13.8 Å². The molecule has 0 spiro atoms. The lowest BCUT2D eigenvalue weighted by Gasteiger charge is -2.09. The number of carbonyl (C=O) groups excluding carboxylic acids is 1. The number of hydrogen-bond donors (Lipinski definition) is 1. The summed E-state index contributed by atoms with van der Waals surface area (Å²) in [6.45, 7) is 6.37. The second kappa shape index (κ2) is 10.0. The fraction of sp³-hybridized carbons (Fsp3) is 0.273. The van der Waals surface area contributed by atoms with Crippen molar-refractivity contribution in [3.8, 4) is 17.2 Å². The van der Waals surface area contributed by atoms with Gasteiger partial charge < -0.3 is 19.3 Å². The van der Waals surface area contributed by atoms with E-state index in [9.17, 15) is 4.79 Å². The van der Waals surface area contributed by atoms with Crippen molar-refractivity contribution in [2.45, 2.75) is 26.5 Å².